The summed E-state index contributed by atoms with van der Waals surface area (Å²) in [6, 6.07) is 0. The number of aromatic nitrogens is 3. The Hall–Kier alpha value is -2.55. The average molecular weight is 378 g/mol. The van der Waals surface area contributed by atoms with Gasteiger partial charge in [-0.3, -0.25) is 9.59 Å². The second-order valence-electron chi connectivity index (χ2n) is 6.68. The van der Waals surface area contributed by atoms with Crippen LogP contribution in [0.1, 0.15) is 40.5 Å². The van der Waals surface area contributed by atoms with Crippen molar-refractivity contribution in [2.45, 2.75) is 40.2 Å². The fraction of sp³-hybridized carbons (Fsp3) is 0.471. The fourth-order valence-corrected chi connectivity index (χ4v) is 3.49. The first-order valence-electron chi connectivity index (χ1n) is 7.93. The second-order valence-corrected chi connectivity index (χ2v) is 7.68. The zero-order valence-electron chi connectivity index (χ0n) is 15.9. The summed E-state index contributed by atoms with van der Waals surface area (Å²) in [5, 5.41) is 13.9. The lowest BCUT2D eigenvalue weighted by Crippen LogP contribution is -2.50. The molecule has 0 aromatic carbocycles. The number of likely N-dealkylation sites (N-methyl/N-ethyl adjacent to an activating group) is 1. The molecule has 2 heterocycles. The number of carbonyl (C=O) groups excluding carboxylic acids is 1. The molecular weight excluding hydrogens is 356 g/mol. The normalized spacial score (nSPS) is 11.5. The first kappa shape index (κ1) is 19.8. The van der Waals surface area contributed by atoms with Crippen LogP contribution in [-0.4, -0.2) is 49.2 Å². The molecule has 0 saturated heterocycles. The third-order valence-electron chi connectivity index (χ3n) is 4.60. The second kappa shape index (κ2) is 6.64. The Bertz CT molecular complexity index is 958. The van der Waals surface area contributed by atoms with E-state index in [1.807, 2.05) is 0 Å². The summed E-state index contributed by atoms with van der Waals surface area (Å²) in [6.45, 7) is 8.17. The molecule has 1 amide bonds. The van der Waals surface area contributed by atoms with Crippen molar-refractivity contribution in [3.8, 4) is 10.6 Å². The van der Waals surface area contributed by atoms with Crippen molar-refractivity contribution in [3.63, 3.8) is 0 Å². The number of carbonyl (C=O) groups is 2. The van der Waals surface area contributed by atoms with Crippen LogP contribution in [0, 0.1) is 20.8 Å². The average Bonchev–Trinajstić information content (AvgIpc) is 2.93. The molecule has 2 aromatic heterocycles. The van der Waals surface area contributed by atoms with E-state index in [0.29, 0.717) is 32.4 Å². The minimum absolute atomic E-state index is 0.292. The first-order chi connectivity index (χ1) is 11.9. The lowest BCUT2D eigenvalue weighted by molar-refractivity contribution is -0.147. The van der Waals surface area contributed by atoms with Gasteiger partial charge in [0.15, 0.2) is 0 Å². The molecule has 0 aliphatic heterocycles. The van der Waals surface area contributed by atoms with Crippen molar-refractivity contribution in [2.24, 2.45) is 7.05 Å². The highest BCUT2D eigenvalue weighted by atomic mass is 32.1. The monoisotopic (exact) mass is 378 g/mol. The van der Waals surface area contributed by atoms with Gasteiger partial charge in [0.1, 0.15) is 15.4 Å². The van der Waals surface area contributed by atoms with Crippen LogP contribution in [0.5, 0.6) is 0 Å². The van der Waals surface area contributed by atoms with Crippen LogP contribution in [-0.2, 0) is 11.8 Å². The number of hydrogen-bond donors (Lipinski definition) is 1. The highest BCUT2D eigenvalue weighted by Gasteiger charge is 2.37. The number of carboxylic acid groups (broad SMARTS) is 1. The van der Waals surface area contributed by atoms with Crippen molar-refractivity contribution >= 4 is 23.2 Å². The van der Waals surface area contributed by atoms with E-state index < -0.39 is 17.4 Å². The van der Waals surface area contributed by atoms with Gasteiger partial charge in [0, 0.05) is 14.1 Å². The molecule has 0 spiro atoms. The Morgan fingerprint density at radius 3 is 2.31 bits per heavy atom. The summed E-state index contributed by atoms with van der Waals surface area (Å²) < 4.78 is 1.25. The summed E-state index contributed by atoms with van der Waals surface area (Å²) in [5.41, 5.74) is 0.617. The van der Waals surface area contributed by atoms with Crippen LogP contribution in [0.4, 0.5) is 0 Å². The third-order valence-corrected chi connectivity index (χ3v) is 5.76. The lowest BCUT2D eigenvalue weighted by Gasteiger charge is -2.31. The highest BCUT2D eigenvalue weighted by Crippen LogP contribution is 2.30. The maximum absolute atomic E-state index is 12.8. The van der Waals surface area contributed by atoms with E-state index in [1.54, 1.807) is 27.8 Å². The number of aliphatic carboxylic acids is 1. The summed E-state index contributed by atoms with van der Waals surface area (Å²) in [6.07, 6.45) is 0. The Kier molecular flexibility index (Phi) is 5.05. The number of thiazole rings is 1. The van der Waals surface area contributed by atoms with Crippen LogP contribution in [0.2, 0.25) is 0 Å². The van der Waals surface area contributed by atoms with Crippen molar-refractivity contribution in [2.75, 3.05) is 7.05 Å². The Morgan fingerprint density at radius 2 is 1.77 bits per heavy atom. The molecule has 26 heavy (non-hydrogen) atoms. The van der Waals surface area contributed by atoms with Crippen LogP contribution in [0.3, 0.4) is 0 Å². The minimum atomic E-state index is -1.37. The van der Waals surface area contributed by atoms with Crippen LogP contribution < -0.4 is 5.56 Å². The molecule has 2 rings (SSSR count). The molecule has 0 radical (unpaired) electrons. The molecule has 0 unspecified atom stereocenters. The molecule has 9 heteroatoms. The van der Waals surface area contributed by atoms with Gasteiger partial charge in [-0.25, -0.2) is 14.5 Å². The smallest absolute Gasteiger partial charge is 0.329 e. The van der Waals surface area contributed by atoms with Gasteiger partial charge in [-0.15, -0.1) is 11.3 Å². The van der Waals surface area contributed by atoms with Crippen LogP contribution >= 0.6 is 11.3 Å². The molecule has 2 aromatic rings. The van der Waals surface area contributed by atoms with Crippen LogP contribution in [0.25, 0.3) is 10.6 Å². The molecule has 0 saturated carbocycles. The number of nitrogens with zero attached hydrogens (tertiary/aromatic N) is 4. The molecule has 0 aliphatic carbocycles. The van der Waals surface area contributed by atoms with Crippen molar-refractivity contribution in [3.05, 3.63) is 32.2 Å². The summed E-state index contributed by atoms with van der Waals surface area (Å²) in [5.74, 6) is -1.55. The van der Waals surface area contributed by atoms with Gasteiger partial charge in [0.05, 0.1) is 17.0 Å². The maximum atomic E-state index is 12.8. The molecule has 0 atom stereocenters. The summed E-state index contributed by atoms with van der Waals surface area (Å²) in [4.78, 5) is 42.6. The molecule has 8 nitrogen and oxygen atoms in total. The standard InChI is InChI=1S/C17H22N4O4S/c1-8-9(2)19-21(7)14(22)11(8)13-18-10(3)12(26-13)15(23)20(6)17(4,5)16(24)25/h1-7H3,(H,24,25). The van der Waals surface area contributed by atoms with E-state index in [2.05, 4.69) is 10.1 Å². The van der Waals surface area contributed by atoms with E-state index in [0.717, 1.165) is 11.3 Å². The highest BCUT2D eigenvalue weighted by molar-refractivity contribution is 7.17. The molecule has 140 valence electrons. The van der Waals surface area contributed by atoms with Gasteiger partial charge >= 0.3 is 5.97 Å². The molecule has 0 bridgehead atoms. The minimum Gasteiger partial charge on any atom is -0.480 e. The molecular formula is C17H22N4O4S. The zero-order chi connectivity index (χ0) is 20.0. The van der Waals surface area contributed by atoms with Crippen molar-refractivity contribution in [1.29, 1.82) is 0 Å². The van der Waals surface area contributed by atoms with Crippen molar-refractivity contribution in [1.82, 2.24) is 19.7 Å². The fourth-order valence-electron chi connectivity index (χ4n) is 2.35. The SMILES string of the molecule is Cc1nc(-c2c(C)c(C)nn(C)c2=O)sc1C(=O)N(C)C(C)(C)C(=O)O. The maximum Gasteiger partial charge on any atom is 0.329 e. The quantitative estimate of drug-likeness (QED) is 0.869. The summed E-state index contributed by atoms with van der Waals surface area (Å²) >= 11 is 1.09. The van der Waals surface area contributed by atoms with E-state index in [-0.39, 0.29) is 5.56 Å². The number of aryl methyl sites for hydroxylation is 3. The first-order valence-corrected chi connectivity index (χ1v) is 8.75. The van der Waals surface area contributed by atoms with Gasteiger partial charge in [0.2, 0.25) is 0 Å². The van der Waals surface area contributed by atoms with E-state index in [4.69, 9.17) is 0 Å². The Labute approximate surface area is 155 Å². The number of carboxylic acids is 1. The van der Waals surface area contributed by atoms with E-state index in [9.17, 15) is 19.5 Å². The van der Waals surface area contributed by atoms with Gasteiger partial charge in [-0.1, -0.05) is 0 Å². The predicted octanol–water partition coefficient (Wildman–Crippen LogP) is 1.76. The van der Waals surface area contributed by atoms with Gasteiger partial charge in [0.25, 0.3) is 11.5 Å². The van der Waals surface area contributed by atoms with Crippen molar-refractivity contribution < 1.29 is 14.7 Å². The number of amides is 1. The Morgan fingerprint density at radius 1 is 1.19 bits per heavy atom. The molecule has 1 N–H and O–H groups in total. The van der Waals surface area contributed by atoms with Crippen LogP contribution in [0.15, 0.2) is 4.79 Å². The number of rotatable bonds is 4. The predicted molar refractivity (Wildman–Crippen MR) is 98.6 cm³/mol. The summed E-state index contributed by atoms with van der Waals surface area (Å²) in [7, 11) is 3.00. The third kappa shape index (κ3) is 3.14. The number of hydrogen-bond acceptors (Lipinski definition) is 6. The molecule has 0 aliphatic rings. The van der Waals surface area contributed by atoms with E-state index in [1.165, 1.54) is 30.5 Å². The lowest BCUT2D eigenvalue weighted by atomic mass is 10.0. The van der Waals surface area contributed by atoms with Gasteiger partial charge in [-0.2, -0.15) is 5.10 Å². The van der Waals surface area contributed by atoms with Gasteiger partial charge < -0.3 is 10.0 Å². The topological polar surface area (TPSA) is 105 Å². The largest absolute Gasteiger partial charge is 0.480 e. The zero-order valence-corrected chi connectivity index (χ0v) is 16.7. The molecule has 0 fully saturated rings. The Balaban J connectivity index is 2.57. The van der Waals surface area contributed by atoms with E-state index >= 15 is 0 Å². The van der Waals surface area contributed by atoms with Gasteiger partial charge in [-0.05, 0) is 40.2 Å².